The summed E-state index contributed by atoms with van der Waals surface area (Å²) < 4.78 is 0. The van der Waals surface area contributed by atoms with Gasteiger partial charge in [0.15, 0.2) is 0 Å². The maximum absolute atomic E-state index is 12.8. The van der Waals surface area contributed by atoms with E-state index in [2.05, 4.69) is 10.6 Å². The minimum atomic E-state index is -0.459. The molecule has 1 aromatic rings. The summed E-state index contributed by atoms with van der Waals surface area (Å²) >= 11 is 0. The first-order chi connectivity index (χ1) is 13.5. The summed E-state index contributed by atoms with van der Waals surface area (Å²) in [4.78, 5) is 50.4. The highest BCUT2D eigenvalue weighted by Gasteiger charge is 2.30. The highest BCUT2D eigenvalue weighted by Crippen LogP contribution is 2.25. The quantitative estimate of drug-likeness (QED) is 0.779. The predicted octanol–water partition coefficient (Wildman–Crippen LogP) is 1.87. The molecule has 0 unspecified atom stereocenters. The minimum Gasteiger partial charge on any atom is -0.353 e. The van der Waals surface area contributed by atoms with Crippen LogP contribution in [-0.2, 0) is 4.79 Å². The van der Waals surface area contributed by atoms with E-state index < -0.39 is 11.8 Å². The van der Waals surface area contributed by atoms with Crippen molar-refractivity contribution >= 4 is 23.6 Å². The number of amides is 4. The molecule has 28 heavy (non-hydrogen) atoms. The van der Waals surface area contributed by atoms with Crippen molar-refractivity contribution < 1.29 is 19.2 Å². The number of imide groups is 1. The van der Waals surface area contributed by atoms with Gasteiger partial charge < -0.3 is 10.2 Å². The molecule has 0 aromatic heterocycles. The van der Waals surface area contributed by atoms with Crippen LogP contribution in [0.1, 0.15) is 76.0 Å². The number of hydrogen-bond donors (Lipinski definition) is 2. The molecular formula is C21H25N3O4. The Bertz CT molecular complexity index is 821. The number of carbonyl (C=O) groups excluding carboxylic acids is 4. The van der Waals surface area contributed by atoms with Gasteiger partial charge in [-0.05, 0) is 43.9 Å². The fourth-order valence-corrected chi connectivity index (χ4v) is 4.39. The second-order valence-electron chi connectivity index (χ2n) is 7.95. The first kappa shape index (κ1) is 18.7. The Labute approximate surface area is 163 Å². The Morgan fingerprint density at radius 3 is 2.32 bits per heavy atom. The third-order valence-electron chi connectivity index (χ3n) is 6.09. The van der Waals surface area contributed by atoms with Crippen LogP contribution in [-0.4, -0.2) is 47.7 Å². The lowest BCUT2D eigenvalue weighted by Crippen LogP contribution is -2.48. The lowest BCUT2D eigenvalue weighted by Gasteiger charge is -2.33. The van der Waals surface area contributed by atoms with Crippen molar-refractivity contribution in [1.82, 2.24) is 15.5 Å². The molecule has 1 aliphatic carbocycles. The first-order valence-corrected chi connectivity index (χ1v) is 10.1. The summed E-state index contributed by atoms with van der Waals surface area (Å²) in [5.74, 6) is -0.716. The fraction of sp³-hybridized carbons (Fsp3) is 0.524. The predicted molar refractivity (Wildman–Crippen MR) is 102 cm³/mol. The SMILES string of the molecule is O=C1NC(=O)c2cc(C(=O)N3CCC(NC(=O)C4CCCCC4)CC3)ccc21. The molecule has 1 saturated heterocycles. The molecular weight excluding hydrogens is 358 g/mol. The standard InChI is InChI=1S/C21H25N3O4/c25-18(13-4-2-1-3-5-13)22-15-8-10-24(11-9-15)21(28)14-6-7-16-17(12-14)20(27)23-19(16)26/h6-7,12-13,15H,1-5,8-11H2,(H,22,25)(H,23,26,27). The van der Waals surface area contributed by atoms with Gasteiger partial charge in [-0.2, -0.15) is 0 Å². The van der Waals surface area contributed by atoms with Gasteiger partial charge in [-0.3, -0.25) is 24.5 Å². The van der Waals surface area contributed by atoms with Gasteiger partial charge >= 0.3 is 0 Å². The Balaban J connectivity index is 1.33. The Kier molecular flexibility index (Phi) is 5.15. The van der Waals surface area contributed by atoms with Crippen LogP contribution in [0.5, 0.6) is 0 Å². The molecule has 148 valence electrons. The smallest absolute Gasteiger partial charge is 0.258 e. The van der Waals surface area contributed by atoms with E-state index in [1.807, 2.05) is 0 Å². The van der Waals surface area contributed by atoms with Crippen LogP contribution in [0.25, 0.3) is 0 Å². The Morgan fingerprint density at radius 1 is 0.929 bits per heavy atom. The monoisotopic (exact) mass is 383 g/mol. The molecule has 2 fully saturated rings. The van der Waals surface area contributed by atoms with Gasteiger partial charge in [-0.25, -0.2) is 0 Å². The molecule has 4 rings (SSSR count). The van der Waals surface area contributed by atoms with Crippen LogP contribution < -0.4 is 10.6 Å². The zero-order valence-electron chi connectivity index (χ0n) is 15.8. The summed E-state index contributed by atoms with van der Waals surface area (Å²) in [6.45, 7) is 1.13. The number of carbonyl (C=O) groups is 4. The second kappa shape index (κ2) is 7.73. The van der Waals surface area contributed by atoms with Crippen LogP contribution in [0.3, 0.4) is 0 Å². The van der Waals surface area contributed by atoms with Crippen molar-refractivity contribution in [3.8, 4) is 0 Å². The Morgan fingerprint density at radius 2 is 1.61 bits per heavy atom. The molecule has 0 spiro atoms. The molecule has 0 bridgehead atoms. The topological polar surface area (TPSA) is 95.6 Å². The number of nitrogens with zero attached hydrogens (tertiary/aromatic N) is 1. The number of hydrogen-bond acceptors (Lipinski definition) is 4. The summed E-state index contributed by atoms with van der Waals surface area (Å²) in [7, 11) is 0. The van der Waals surface area contributed by atoms with E-state index in [4.69, 9.17) is 0 Å². The van der Waals surface area contributed by atoms with Gasteiger partial charge in [0.2, 0.25) is 5.91 Å². The Hall–Kier alpha value is -2.70. The van der Waals surface area contributed by atoms with Crippen molar-refractivity contribution in [2.24, 2.45) is 5.92 Å². The number of likely N-dealkylation sites (tertiary alicyclic amines) is 1. The zero-order chi connectivity index (χ0) is 19.7. The number of rotatable bonds is 3. The largest absolute Gasteiger partial charge is 0.353 e. The summed E-state index contributed by atoms with van der Waals surface area (Å²) in [6, 6.07) is 4.73. The van der Waals surface area contributed by atoms with E-state index in [0.717, 1.165) is 38.5 Å². The molecule has 2 aliphatic heterocycles. The second-order valence-corrected chi connectivity index (χ2v) is 7.95. The van der Waals surface area contributed by atoms with Crippen molar-refractivity contribution in [1.29, 1.82) is 0 Å². The van der Waals surface area contributed by atoms with Gasteiger partial charge in [0.1, 0.15) is 0 Å². The average Bonchev–Trinajstić information content (AvgIpc) is 3.02. The molecule has 0 radical (unpaired) electrons. The molecule has 1 saturated carbocycles. The van der Waals surface area contributed by atoms with E-state index in [1.165, 1.54) is 18.6 Å². The first-order valence-electron chi connectivity index (χ1n) is 10.1. The highest BCUT2D eigenvalue weighted by molar-refractivity contribution is 6.22. The van der Waals surface area contributed by atoms with Gasteiger partial charge in [-0.15, -0.1) is 0 Å². The normalized spacial score (nSPS) is 20.6. The number of fused-ring (bicyclic) bond motifs is 1. The molecule has 1 aromatic carbocycles. The van der Waals surface area contributed by atoms with Crippen LogP contribution in [0.4, 0.5) is 0 Å². The molecule has 7 nitrogen and oxygen atoms in total. The van der Waals surface area contributed by atoms with Crippen molar-refractivity contribution in [2.75, 3.05) is 13.1 Å². The van der Waals surface area contributed by atoms with Gasteiger partial charge in [0, 0.05) is 30.6 Å². The molecule has 3 aliphatic rings. The van der Waals surface area contributed by atoms with Crippen LogP contribution in [0, 0.1) is 5.92 Å². The van der Waals surface area contributed by atoms with E-state index >= 15 is 0 Å². The summed E-state index contributed by atoms with van der Waals surface area (Å²) in [6.07, 6.45) is 6.92. The number of benzene rings is 1. The lowest BCUT2D eigenvalue weighted by molar-refractivity contribution is -0.126. The van der Waals surface area contributed by atoms with Crippen LogP contribution in [0.15, 0.2) is 18.2 Å². The molecule has 0 atom stereocenters. The molecule has 4 amide bonds. The average molecular weight is 383 g/mol. The zero-order valence-corrected chi connectivity index (χ0v) is 15.8. The molecule has 2 heterocycles. The third kappa shape index (κ3) is 3.66. The molecule has 7 heteroatoms. The maximum atomic E-state index is 12.8. The number of nitrogens with one attached hydrogen (secondary N) is 2. The van der Waals surface area contributed by atoms with E-state index in [9.17, 15) is 19.2 Å². The number of piperidine rings is 1. The lowest BCUT2D eigenvalue weighted by atomic mass is 9.88. The van der Waals surface area contributed by atoms with Crippen LogP contribution >= 0.6 is 0 Å². The fourth-order valence-electron chi connectivity index (χ4n) is 4.39. The maximum Gasteiger partial charge on any atom is 0.258 e. The van der Waals surface area contributed by atoms with Gasteiger partial charge in [0.25, 0.3) is 17.7 Å². The molecule has 2 N–H and O–H groups in total. The van der Waals surface area contributed by atoms with E-state index in [0.29, 0.717) is 24.2 Å². The van der Waals surface area contributed by atoms with E-state index in [1.54, 1.807) is 11.0 Å². The van der Waals surface area contributed by atoms with Crippen molar-refractivity contribution in [3.63, 3.8) is 0 Å². The summed E-state index contributed by atoms with van der Waals surface area (Å²) in [5.41, 5.74) is 0.976. The summed E-state index contributed by atoms with van der Waals surface area (Å²) in [5, 5.41) is 5.40. The van der Waals surface area contributed by atoms with Crippen molar-refractivity contribution in [2.45, 2.75) is 51.0 Å². The van der Waals surface area contributed by atoms with Crippen molar-refractivity contribution in [3.05, 3.63) is 34.9 Å². The third-order valence-corrected chi connectivity index (χ3v) is 6.09. The van der Waals surface area contributed by atoms with E-state index in [-0.39, 0.29) is 29.3 Å². The minimum absolute atomic E-state index is 0.113. The van der Waals surface area contributed by atoms with Gasteiger partial charge in [-0.1, -0.05) is 19.3 Å². The van der Waals surface area contributed by atoms with Gasteiger partial charge in [0.05, 0.1) is 11.1 Å². The highest BCUT2D eigenvalue weighted by atomic mass is 16.2. The van der Waals surface area contributed by atoms with Crippen LogP contribution in [0.2, 0.25) is 0 Å².